The standard InChI is InChI=1S/C17H25N3S/c1-5-18-15(11-16-10-14(3)19-20(16)4)12-21-17-9-7-6-8-13(17)2/h6-10,15,18H,5,11-12H2,1-4H3. The van der Waals surface area contributed by atoms with Crippen molar-refractivity contribution < 1.29 is 0 Å². The van der Waals surface area contributed by atoms with Crippen LogP contribution in [0.15, 0.2) is 35.2 Å². The first-order chi connectivity index (χ1) is 10.1. The zero-order valence-corrected chi connectivity index (χ0v) is 14.2. The Labute approximate surface area is 132 Å². The summed E-state index contributed by atoms with van der Waals surface area (Å²) in [7, 11) is 2.03. The molecular weight excluding hydrogens is 278 g/mol. The fourth-order valence-electron chi connectivity index (χ4n) is 2.50. The smallest absolute Gasteiger partial charge is 0.0596 e. The number of nitrogens with one attached hydrogen (secondary N) is 1. The average Bonchev–Trinajstić information content (AvgIpc) is 2.76. The van der Waals surface area contributed by atoms with Gasteiger partial charge in [0.15, 0.2) is 0 Å². The number of thioether (sulfide) groups is 1. The van der Waals surface area contributed by atoms with E-state index in [-0.39, 0.29) is 0 Å². The van der Waals surface area contributed by atoms with Crippen LogP contribution in [0.25, 0.3) is 0 Å². The van der Waals surface area contributed by atoms with Gasteiger partial charge in [-0.15, -0.1) is 11.8 Å². The number of hydrogen-bond donors (Lipinski definition) is 1. The monoisotopic (exact) mass is 303 g/mol. The Morgan fingerprint density at radius 2 is 2.05 bits per heavy atom. The van der Waals surface area contributed by atoms with Crippen LogP contribution in [0, 0.1) is 13.8 Å². The second-order valence-electron chi connectivity index (χ2n) is 5.44. The number of benzene rings is 1. The zero-order valence-electron chi connectivity index (χ0n) is 13.4. The summed E-state index contributed by atoms with van der Waals surface area (Å²) in [5.41, 5.74) is 3.74. The molecule has 3 nitrogen and oxygen atoms in total. The minimum absolute atomic E-state index is 0.467. The molecule has 4 heteroatoms. The van der Waals surface area contributed by atoms with E-state index >= 15 is 0 Å². The molecule has 0 bridgehead atoms. The number of aromatic nitrogens is 2. The molecular formula is C17H25N3S. The summed E-state index contributed by atoms with van der Waals surface area (Å²) >= 11 is 1.93. The summed E-state index contributed by atoms with van der Waals surface area (Å²) in [4.78, 5) is 1.38. The number of rotatable bonds is 7. The molecule has 1 aromatic carbocycles. The lowest BCUT2D eigenvalue weighted by Crippen LogP contribution is -2.33. The molecule has 21 heavy (non-hydrogen) atoms. The van der Waals surface area contributed by atoms with Crippen LogP contribution in [0.1, 0.15) is 23.9 Å². The van der Waals surface area contributed by atoms with Crippen molar-refractivity contribution >= 4 is 11.8 Å². The highest BCUT2D eigenvalue weighted by Crippen LogP contribution is 2.23. The molecule has 2 aromatic rings. The van der Waals surface area contributed by atoms with E-state index < -0.39 is 0 Å². The summed E-state index contributed by atoms with van der Waals surface area (Å²) in [5, 5.41) is 8.03. The number of nitrogens with zero attached hydrogens (tertiary/aromatic N) is 2. The van der Waals surface area contributed by atoms with Gasteiger partial charge >= 0.3 is 0 Å². The molecule has 0 saturated heterocycles. The van der Waals surface area contributed by atoms with Gasteiger partial charge < -0.3 is 5.32 Å². The number of likely N-dealkylation sites (N-methyl/N-ethyl adjacent to an activating group) is 1. The van der Waals surface area contributed by atoms with E-state index in [1.54, 1.807) is 0 Å². The van der Waals surface area contributed by atoms with Crippen LogP contribution in [0.4, 0.5) is 0 Å². The summed E-state index contributed by atoms with van der Waals surface area (Å²) in [6.07, 6.45) is 1.02. The van der Waals surface area contributed by atoms with Crippen molar-refractivity contribution in [2.45, 2.75) is 38.1 Å². The van der Waals surface area contributed by atoms with E-state index in [9.17, 15) is 0 Å². The van der Waals surface area contributed by atoms with E-state index in [4.69, 9.17) is 0 Å². The van der Waals surface area contributed by atoms with Crippen LogP contribution >= 0.6 is 11.8 Å². The van der Waals surface area contributed by atoms with Crippen molar-refractivity contribution in [3.8, 4) is 0 Å². The van der Waals surface area contributed by atoms with E-state index in [2.05, 4.69) is 54.6 Å². The Kier molecular flexibility index (Phi) is 5.88. The van der Waals surface area contributed by atoms with Gasteiger partial charge in [-0.25, -0.2) is 0 Å². The average molecular weight is 303 g/mol. The Morgan fingerprint density at radius 1 is 1.29 bits per heavy atom. The quantitative estimate of drug-likeness (QED) is 0.796. The summed E-state index contributed by atoms with van der Waals surface area (Å²) in [6, 6.07) is 11.2. The molecule has 0 aliphatic rings. The van der Waals surface area contributed by atoms with Crippen LogP contribution in [-0.2, 0) is 13.5 Å². The second-order valence-corrected chi connectivity index (χ2v) is 6.50. The van der Waals surface area contributed by atoms with Crippen LogP contribution < -0.4 is 5.32 Å². The Bertz CT molecular complexity index is 577. The van der Waals surface area contributed by atoms with E-state index in [0.717, 1.165) is 24.4 Å². The van der Waals surface area contributed by atoms with Crippen molar-refractivity contribution in [3.63, 3.8) is 0 Å². The van der Waals surface area contributed by atoms with Crippen molar-refractivity contribution in [1.82, 2.24) is 15.1 Å². The van der Waals surface area contributed by atoms with Gasteiger partial charge in [-0.1, -0.05) is 25.1 Å². The highest BCUT2D eigenvalue weighted by atomic mass is 32.2. The molecule has 0 radical (unpaired) electrons. The topological polar surface area (TPSA) is 29.9 Å². The summed E-state index contributed by atoms with van der Waals surface area (Å²) < 4.78 is 2.00. The van der Waals surface area contributed by atoms with Crippen LogP contribution in [0.5, 0.6) is 0 Å². The van der Waals surface area contributed by atoms with Crippen LogP contribution in [0.2, 0.25) is 0 Å². The van der Waals surface area contributed by atoms with Crippen molar-refractivity contribution in [2.75, 3.05) is 12.3 Å². The Hall–Kier alpha value is -1.26. The number of hydrogen-bond acceptors (Lipinski definition) is 3. The first-order valence-corrected chi connectivity index (χ1v) is 8.50. The molecule has 1 aromatic heterocycles. The normalized spacial score (nSPS) is 12.6. The largest absolute Gasteiger partial charge is 0.313 e. The Balaban J connectivity index is 1.99. The van der Waals surface area contributed by atoms with Gasteiger partial charge in [-0.05, 0) is 38.1 Å². The molecule has 0 spiro atoms. The fraction of sp³-hybridized carbons (Fsp3) is 0.471. The van der Waals surface area contributed by atoms with E-state index in [1.165, 1.54) is 16.2 Å². The maximum atomic E-state index is 4.44. The minimum Gasteiger partial charge on any atom is -0.313 e. The second kappa shape index (κ2) is 7.66. The predicted molar refractivity (Wildman–Crippen MR) is 91.0 cm³/mol. The molecule has 114 valence electrons. The minimum atomic E-state index is 0.467. The van der Waals surface area contributed by atoms with Gasteiger partial charge in [-0.3, -0.25) is 4.68 Å². The third kappa shape index (κ3) is 4.61. The van der Waals surface area contributed by atoms with Gasteiger partial charge in [0.25, 0.3) is 0 Å². The molecule has 2 rings (SSSR count). The molecule has 1 atom stereocenters. The lowest BCUT2D eigenvalue weighted by Gasteiger charge is -2.18. The molecule has 0 fully saturated rings. The maximum absolute atomic E-state index is 4.44. The van der Waals surface area contributed by atoms with Gasteiger partial charge in [0.2, 0.25) is 0 Å². The molecule has 1 unspecified atom stereocenters. The SMILES string of the molecule is CCNC(CSc1ccccc1C)Cc1cc(C)nn1C. The highest BCUT2D eigenvalue weighted by Gasteiger charge is 2.13. The van der Waals surface area contributed by atoms with Gasteiger partial charge in [-0.2, -0.15) is 5.10 Å². The fourth-order valence-corrected chi connectivity index (χ4v) is 3.58. The Morgan fingerprint density at radius 3 is 2.67 bits per heavy atom. The van der Waals surface area contributed by atoms with E-state index in [0.29, 0.717) is 6.04 Å². The molecule has 0 aliphatic carbocycles. The third-order valence-electron chi connectivity index (χ3n) is 3.58. The highest BCUT2D eigenvalue weighted by molar-refractivity contribution is 7.99. The van der Waals surface area contributed by atoms with Crippen molar-refractivity contribution in [3.05, 3.63) is 47.3 Å². The molecule has 0 saturated carbocycles. The van der Waals surface area contributed by atoms with Gasteiger partial charge in [0.05, 0.1) is 5.69 Å². The molecule has 0 aliphatic heterocycles. The van der Waals surface area contributed by atoms with Gasteiger partial charge in [0.1, 0.15) is 0 Å². The lowest BCUT2D eigenvalue weighted by molar-refractivity contribution is 0.549. The summed E-state index contributed by atoms with van der Waals surface area (Å²) in [5.74, 6) is 1.07. The molecule has 1 N–H and O–H groups in total. The predicted octanol–water partition coefficient (Wildman–Crippen LogP) is 3.35. The van der Waals surface area contributed by atoms with Crippen LogP contribution in [0.3, 0.4) is 0 Å². The number of aryl methyl sites for hydroxylation is 3. The van der Waals surface area contributed by atoms with Crippen molar-refractivity contribution in [1.29, 1.82) is 0 Å². The maximum Gasteiger partial charge on any atom is 0.0596 e. The molecule has 0 amide bonds. The first-order valence-electron chi connectivity index (χ1n) is 7.51. The summed E-state index contributed by atoms with van der Waals surface area (Å²) in [6.45, 7) is 7.39. The molecule has 1 heterocycles. The van der Waals surface area contributed by atoms with E-state index in [1.807, 2.05) is 30.4 Å². The van der Waals surface area contributed by atoms with Crippen molar-refractivity contribution in [2.24, 2.45) is 7.05 Å². The lowest BCUT2D eigenvalue weighted by atomic mass is 10.1. The zero-order chi connectivity index (χ0) is 15.2. The third-order valence-corrected chi connectivity index (χ3v) is 4.92. The first kappa shape index (κ1) is 16.1. The van der Waals surface area contributed by atoms with Crippen LogP contribution in [-0.4, -0.2) is 28.1 Å². The van der Waals surface area contributed by atoms with Gasteiger partial charge in [0, 0.05) is 35.9 Å².